The molecule has 0 aromatic heterocycles. The highest BCUT2D eigenvalue weighted by Crippen LogP contribution is 2.31. The number of benzene rings is 1. The SMILES string of the molecule is CNC(=O)Oc1ccccc1SC(C)C. The van der Waals surface area contributed by atoms with Crippen molar-refractivity contribution in [3.63, 3.8) is 0 Å². The lowest BCUT2D eigenvalue weighted by molar-refractivity contribution is 0.202. The van der Waals surface area contributed by atoms with Gasteiger partial charge in [0.2, 0.25) is 0 Å². The van der Waals surface area contributed by atoms with Gasteiger partial charge >= 0.3 is 6.09 Å². The summed E-state index contributed by atoms with van der Waals surface area (Å²) in [6, 6.07) is 7.52. The highest BCUT2D eigenvalue weighted by Gasteiger charge is 2.08. The zero-order chi connectivity index (χ0) is 11.3. The van der Waals surface area contributed by atoms with Gasteiger partial charge in [0.1, 0.15) is 5.75 Å². The second-order valence-corrected chi connectivity index (χ2v) is 4.87. The monoisotopic (exact) mass is 225 g/mol. The molecule has 0 heterocycles. The minimum atomic E-state index is -0.438. The van der Waals surface area contributed by atoms with Crippen LogP contribution in [0.2, 0.25) is 0 Å². The van der Waals surface area contributed by atoms with E-state index in [4.69, 9.17) is 4.74 Å². The summed E-state index contributed by atoms with van der Waals surface area (Å²) in [5.41, 5.74) is 0. The lowest BCUT2D eigenvalue weighted by Gasteiger charge is -2.10. The molecular weight excluding hydrogens is 210 g/mol. The van der Waals surface area contributed by atoms with Crippen molar-refractivity contribution in [2.24, 2.45) is 0 Å². The molecule has 0 spiro atoms. The molecule has 3 nitrogen and oxygen atoms in total. The first-order valence-electron chi connectivity index (χ1n) is 4.78. The van der Waals surface area contributed by atoms with Gasteiger partial charge in [0.25, 0.3) is 0 Å². The lowest BCUT2D eigenvalue weighted by atomic mass is 10.3. The molecule has 0 unspecified atom stereocenters. The third kappa shape index (κ3) is 3.83. The summed E-state index contributed by atoms with van der Waals surface area (Å²) in [5, 5.41) is 2.88. The lowest BCUT2D eigenvalue weighted by Crippen LogP contribution is -2.22. The van der Waals surface area contributed by atoms with Gasteiger partial charge in [-0.25, -0.2) is 4.79 Å². The minimum Gasteiger partial charge on any atom is -0.409 e. The fourth-order valence-electron chi connectivity index (χ4n) is 1.04. The van der Waals surface area contributed by atoms with Gasteiger partial charge in [-0.2, -0.15) is 0 Å². The van der Waals surface area contributed by atoms with E-state index in [0.717, 1.165) is 4.90 Å². The number of thioether (sulfide) groups is 1. The predicted octanol–water partition coefficient (Wildman–Crippen LogP) is 2.91. The molecular formula is C11H15NO2S. The van der Waals surface area contributed by atoms with E-state index in [1.54, 1.807) is 24.9 Å². The summed E-state index contributed by atoms with van der Waals surface area (Å²) in [6.07, 6.45) is -0.438. The molecule has 4 heteroatoms. The first-order chi connectivity index (χ1) is 7.13. The number of hydrogen-bond acceptors (Lipinski definition) is 3. The highest BCUT2D eigenvalue weighted by molar-refractivity contribution is 8.00. The van der Waals surface area contributed by atoms with Crippen molar-refractivity contribution in [2.75, 3.05) is 7.05 Å². The van der Waals surface area contributed by atoms with Gasteiger partial charge < -0.3 is 10.1 Å². The van der Waals surface area contributed by atoms with Crippen molar-refractivity contribution in [1.82, 2.24) is 5.32 Å². The van der Waals surface area contributed by atoms with Crippen LogP contribution in [0.5, 0.6) is 5.75 Å². The van der Waals surface area contributed by atoms with Crippen LogP contribution in [0.25, 0.3) is 0 Å². The van der Waals surface area contributed by atoms with Crippen molar-refractivity contribution in [1.29, 1.82) is 0 Å². The fourth-order valence-corrected chi connectivity index (χ4v) is 1.93. The third-order valence-corrected chi connectivity index (χ3v) is 2.68. The Labute approximate surface area is 94.2 Å². The maximum atomic E-state index is 11.1. The number of rotatable bonds is 3. The molecule has 1 aromatic rings. The van der Waals surface area contributed by atoms with Crippen LogP contribution < -0.4 is 10.1 Å². The zero-order valence-corrected chi connectivity index (χ0v) is 9.93. The second-order valence-electron chi connectivity index (χ2n) is 3.25. The smallest absolute Gasteiger partial charge is 0.409 e. The molecule has 0 fully saturated rings. The Balaban J connectivity index is 2.81. The zero-order valence-electron chi connectivity index (χ0n) is 9.11. The quantitative estimate of drug-likeness (QED) is 0.804. The molecule has 1 aromatic carbocycles. The average Bonchev–Trinajstić information content (AvgIpc) is 2.20. The van der Waals surface area contributed by atoms with Gasteiger partial charge in [-0.3, -0.25) is 0 Å². The molecule has 0 saturated heterocycles. The maximum Gasteiger partial charge on any atom is 0.412 e. The Hall–Kier alpha value is -1.16. The predicted molar refractivity (Wildman–Crippen MR) is 62.5 cm³/mol. The summed E-state index contributed by atoms with van der Waals surface area (Å²) in [5.74, 6) is 0.607. The van der Waals surface area contributed by atoms with Crippen molar-refractivity contribution < 1.29 is 9.53 Å². The summed E-state index contributed by atoms with van der Waals surface area (Å²) >= 11 is 1.67. The minimum absolute atomic E-state index is 0.438. The van der Waals surface area contributed by atoms with Crippen molar-refractivity contribution >= 4 is 17.9 Å². The number of amides is 1. The first-order valence-corrected chi connectivity index (χ1v) is 5.66. The number of carbonyl (C=O) groups is 1. The number of para-hydroxylation sites is 1. The molecule has 82 valence electrons. The molecule has 0 atom stereocenters. The standard InChI is InChI=1S/C11H15NO2S/c1-8(2)15-10-7-5-4-6-9(10)14-11(13)12-3/h4-8H,1-3H3,(H,12,13). The third-order valence-electron chi connectivity index (χ3n) is 1.62. The van der Waals surface area contributed by atoms with E-state index < -0.39 is 6.09 Å². The van der Waals surface area contributed by atoms with Crippen LogP contribution in [0.1, 0.15) is 13.8 Å². The van der Waals surface area contributed by atoms with Gasteiger partial charge in [-0.05, 0) is 12.1 Å². The molecule has 0 bridgehead atoms. The largest absolute Gasteiger partial charge is 0.412 e. The van der Waals surface area contributed by atoms with E-state index in [9.17, 15) is 4.79 Å². The Kier molecular flexibility index (Phi) is 4.49. The van der Waals surface area contributed by atoms with Crippen molar-refractivity contribution in [3.8, 4) is 5.75 Å². The molecule has 1 N–H and O–H groups in total. The second kappa shape index (κ2) is 5.66. The van der Waals surface area contributed by atoms with Crippen LogP contribution in [0.4, 0.5) is 4.79 Å². The van der Waals surface area contributed by atoms with E-state index in [1.165, 1.54) is 0 Å². The Morgan fingerprint density at radius 2 is 2.07 bits per heavy atom. The van der Waals surface area contributed by atoms with Crippen LogP contribution in [-0.2, 0) is 0 Å². The van der Waals surface area contributed by atoms with Gasteiger partial charge in [0.05, 0.1) is 4.90 Å². The van der Waals surface area contributed by atoms with Gasteiger partial charge in [-0.15, -0.1) is 11.8 Å². The van der Waals surface area contributed by atoms with Crippen molar-refractivity contribution in [2.45, 2.75) is 24.0 Å². The van der Waals surface area contributed by atoms with E-state index in [2.05, 4.69) is 19.2 Å². The Bertz CT molecular complexity index is 339. The van der Waals surface area contributed by atoms with Crippen LogP contribution >= 0.6 is 11.8 Å². The van der Waals surface area contributed by atoms with Gasteiger partial charge in [-0.1, -0.05) is 26.0 Å². The summed E-state index contributed by atoms with van der Waals surface area (Å²) < 4.78 is 5.12. The molecule has 15 heavy (non-hydrogen) atoms. The van der Waals surface area contributed by atoms with Crippen LogP contribution in [0.15, 0.2) is 29.2 Å². The normalized spacial score (nSPS) is 10.1. The Morgan fingerprint density at radius 3 is 2.67 bits per heavy atom. The number of carbonyl (C=O) groups excluding carboxylic acids is 1. The highest BCUT2D eigenvalue weighted by atomic mass is 32.2. The van der Waals surface area contributed by atoms with E-state index in [0.29, 0.717) is 11.0 Å². The summed E-state index contributed by atoms with van der Waals surface area (Å²) in [6.45, 7) is 4.20. The maximum absolute atomic E-state index is 11.1. The summed E-state index contributed by atoms with van der Waals surface area (Å²) in [7, 11) is 1.54. The molecule has 0 aliphatic carbocycles. The number of ether oxygens (including phenoxy) is 1. The first kappa shape index (κ1) is 11.9. The summed E-state index contributed by atoms with van der Waals surface area (Å²) in [4.78, 5) is 12.1. The number of nitrogens with one attached hydrogen (secondary N) is 1. The topological polar surface area (TPSA) is 38.3 Å². The molecule has 0 aliphatic heterocycles. The van der Waals surface area contributed by atoms with Crippen LogP contribution in [-0.4, -0.2) is 18.4 Å². The number of hydrogen-bond donors (Lipinski definition) is 1. The Morgan fingerprint density at radius 1 is 1.40 bits per heavy atom. The molecule has 1 rings (SSSR count). The van der Waals surface area contributed by atoms with Crippen molar-refractivity contribution in [3.05, 3.63) is 24.3 Å². The van der Waals surface area contributed by atoms with Gasteiger partial charge in [0, 0.05) is 12.3 Å². The molecule has 0 radical (unpaired) electrons. The van der Waals surface area contributed by atoms with Crippen LogP contribution in [0.3, 0.4) is 0 Å². The van der Waals surface area contributed by atoms with E-state index >= 15 is 0 Å². The molecule has 0 aliphatic rings. The molecule has 0 saturated carbocycles. The van der Waals surface area contributed by atoms with Crippen LogP contribution in [0, 0.1) is 0 Å². The van der Waals surface area contributed by atoms with E-state index in [1.807, 2.05) is 18.2 Å². The fraction of sp³-hybridized carbons (Fsp3) is 0.364. The average molecular weight is 225 g/mol. The van der Waals surface area contributed by atoms with Gasteiger partial charge in [0.15, 0.2) is 0 Å². The molecule has 1 amide bonds. The van der Waals surface area contributed by atoms with E-state index in [-0.39, 0.29) is 0 Å².